The Morgan fingerprint density at radius 3 is 2.37 bits per heavy atom. The van der Waals surface area contributed by atoms with Crippen LogP contribution in [0.2, 0.25) is 5.02 Å². The maximum absolute atomic E-state index is 13.3. The molecule has 0 aromatic heterocycles. The van der Waals surface area contributed by atoms with Gasteiger partial charge in [-0.1, -0.05) is 35.9 Å². The van der Waals surface area contributed by atoms with Crippen molar-refractivity contribution in [2.24, 2.45) is 0 Å². The second-order valence-corrected chi connectivity index (χ2v) is 7.77. The number of amides is 1. The van der Waals surface area contributed by atoms with E-state index < -0.39 is 5.82 Å². The molecule has 6 heteroatoms. The fraction of sp³-hybridized carbons (Fsp3) is 0.208. The van der Waals surface area contributed by atoms with Gasteiger partial charge in [0.15, 0.2) is 0 Å². The summed E-state index contributed by atoms with van der Waals surface area (Å²) in [4.78, 5) is 17.0. The van der Waals surface area contributed by atoms with Crippen LogP contribution in [0.5, 0.6) is 0 Å². The number of benzene rings is 3. The topological polar surface area (TPSA) is 35.6 Å². The number of hydrogen-bond donors (Lipinski definition) is 1. The molecule has 4 nitrogen and oxygen atoms in total. The standard InChI is InChI=1S/C24H23ClFN3O/c25-23-7-2-1-4-19(23)17-28-12-14-29(15-13-28)22-10-8-21(9-11-22)27-24(30)18-5-3-6-20(26)16-18/h1-11,16H,12-15,17H2,(H,27,30). The van der Waals surface area contributed by atoms with Gasteiger partial charge in [-0.2, -0.15) is 0 Å². The van der Waals surface area contributed by atoms with Gasteiger partial charge in [-0.25, -0.2) is 4.39 Å². The molecule has 0 unspecified atom stereocenters. The molecule has 154 valence electrons. The zero-order valence-electron chi connectivity index (χ0n) is 16.5. The van der Waals surface area contributed by atoms with Crippen molar-refractivity contribution in [1.29, 1.82) is 0 Å². The van der Waals surface area contributed by atoms with Gasteiger partial charge in [-0.05, 0) is 54.1 Å². The van der Waals surface area contributed by atoms with E-state index in [1.165, 1.54) is 18.2 Å². The molecule has 0 radical (unpaired) electrons. The molecule has 3 aromatic rings. The summed E-state index contributed by atoms with van der Waals surface area (Å²) in [5.74, 6) is -0.748. The van der Waals surface area contributed by atoms with Crippen LogP contribution in [0.1, 0.15) is 15.9 Å². The van der Waals surface area contributed by atoms with E-state index in [0.29, 0.717) is 11.3 Å². The van der Waals surface area contributed by atoms with E-state index in [0.717, 1.165) is 49.0 Å². The number of carbonyl (C=O) groups excluding carboxylic acids is 1. The zero-order chi connectivity index (χ0) is 20.9. The van der Waals surface area contributed by atoms with E-state index in [2.05, 4.69) is 21.2 Å². The van der Waals surface area contributed by atoms with Crippen LogP contribution in [-0.2, 0) is 6.54 Å². The number of rotatable bonds is 5. The fourth-order valence-electron chi connectivity index (χ4n) is 3.62. The molecular weight excluding hydrogens is 401 g/mol. The van der Waals surface area contributed by atoms with E-state index in [-0.39, 0.29) is 5.91 Å². The Labute approximate surface area is 180 Å². The van der Waals surface area contributed by atoms with Crippen LogP contribution in [-0.4, -0.2) is 37.0 Å². The van der Waals surface area contributed by atoms with Gasteiger partial charge >= 0.3 is 0 Å². The molecule has 0 spiro atoms. The molecule has 1 heterocycles. The maximum Gasteiger partial charge on any atom is 0.255 e. The van der Waals surface area contributed by atoms with E-state index in [4.69, 9.17) is 11.6 Å². The van der Waals surface area contributed by atoms with Gasteiger partial charge in [-0.3, -0.25) is 9.69 Å². The van der Waals surface area contributed by atoms with Crippen LogP contribution in [0.3, 0.4) is 0 Å². The minimum absolute atomic E-state index is 0.300. The minimum atomic E-state index is -0.424. The average Bonchev–Trinajstić information content (AvgIpc) is 2.76. The van der Waals surface area contributed by atoms with Crippen molar-refractivity contribution in [3.05, 3.63) is 94.8 Å². The smallest absolute Gasteiger partial charge is 0.255 e. The van der Waals surface area contributed by atoms with Gasteiger partial charge in [0.2, 0.25) is 0 Å². The predicted molar refractivity (Wildman–Crippen MR) is 120 cm³/mol. The molecule has 1 aliphatic heterocycles. The molecule has 0 bridgehead atoms. The third-order valence-electron chi connectivity index (χ3n) is 5.30. The molecule has 30 heavy (non-hydrogen) atoms. The van der Waals surface area contributed by atoms with Crippen LogP contribution in [0.25, 0.3) is 0 Å². The third kappa shape index (κ3) is 4.99. The summed E-state index contributed by atoms with van der Waals surface area (Å²) in [5.41, 5.74) is 3.27. The lowest BCUT2D eigenvalue weighted by atomic mass is 10.1. The Morgan fingerprint density at radius 1 is 0.933 bits per heavy atom. The lowest BCUT2D eigenvalue weighted by Crippen LogP contribution is -2.46. The van der Waals surface area contributed by atoms with E-state index in [9.17, 15) is 9.18 Å². The highest BCUT2D eigenvalue weighted by Crippen LogP contribution is 2.22. The molecule has 0 aliphatic carbocycles. The fourth-order valence-corrected chi connectivity index (χ4v) is 3.82. The molecule has 1 aliphatic rings. The Kier molecular flexibility index (Phi) is 6.31. The van der Waals surface area contributed by atoms with Gasteiger partial charge in [0, 0.05) is 54.7 Å². The molecule has 0 saturated carbocycles. The predicted octanol–water partition coefficient (Wildman–Crippen LogP) is 5.05. The van der Waals surface area contributed by atoms with Crippen molar-refractivity contribution in [1.82, 2.24) is 4.90 Å². The van der Waals surface area contributed by atoms with Crippen molar-refractivity contribution in [2.45, 2.75) is 6.54 Å². The molecule has 1 N–H and O–H groups in total. The summed E-state index contributed by atoms with van der Waals surface area (Å²) in [5, 5.41) is 3.63. The zero-order valence-corrected chi connectivity index (χ0v) is 17.3. The van der Waals surface area contributed by atoms with Crippen molar-refractivity contribution < 1.29 is 9.18 Å². The lowest BCUT2D eigenvalue weighted by molar-refractivity contribution is 0.102. The number of carbonyl (C=O) groups is 1. The Balaban J connectivity index is 1.31. The third-order valence-corrected chi connectivity index (χ3v) is 5.67. The van der Waals surface area contributed by atoms with Crippen LogP contribution in [0, 0.1) is 5.82 Å². The van der Waals surface area contributed by atoms with Crippen molar-refractivity contribution in [2.75, 3.05) is 36.4 Å². The lowest BCUT2D eigenvalue weighted by Gasteiger charge is -2.36. The second kappa shape index (κ2) is 9.28. The van der Waals surface area contributed by atoms with E-state index in [1.807, 2.05) is 42.5 Å². The Hall–Kier alpha value is -2.89. The van der Waals surface area contributed by atoms with Crippen molar-refractivity contribution in [3.8, 4) is 0 Å². The monoisotopic (exact) mass is 423 g/mol. The number of anilines is 2. The number of nitrogens with one attached hydrogen (secondary N) is 1. The van der Waals surface area contributed by atoms with Gasteiger partial charge in [-0.15, -0.1) is 0 Å². The highest BCUT2D eigenvalue weighted by Gasteiger charge is 2.18. The number of halogens is 2. The molecule has 3 aromatic carbocycles. The van der Waals surface area contributed by atoms with E-state index >= 15 is 0 Å². The van der Waals surface area contributed by atoms with Crippen molar-refractivity contribution in [3.63, 3.8) is 0 Å². The highest BCUT2D eigenvalue weighted by molar-refractivity contribution is 6.31. The molecule has 1 amide bonds. The quantitative estimate of drug-likeness (QED) is 0.623. The minimum Gasteiger partial charge on any atom is -0.369 e. The van der Waals surface area contributed by atoms with Gasteiger partial charge < -0.3 is 10.2 Å². The molecule has 0 atom stereocenters. The number of hydrogen-bond acceptors (Lipinski definition) is 3. The first-order chi connectivity index (χ1) is 14.6. The summed E-state index contributed by atoms with van der Waals surface area (Å²) < 4.78 is 13.3. The first-order valence-electron chi connectivity index (χ1n) is 9.96. The first-order valence-corrected chi connectivity index (χ1v) is 10.3. The van der Waals surface area contributed by atoms with Crippen LogP contribution in [0.4, 0.5) is 15.8 Å². The van der Waals surface area contributed by atoms with Gasteiger partial charge in [0.05, 0.1) is 0 Å². The summed E-state index contributed by atoms with van der Waals surface area (Å²) in [6, 6.07) is 21.4. The normalized spacial score (nSPS) is 14.5. The van der Waals surface area contributed by atoms with Crippen LogP contribution >= 0.6 is 11.6 Å². The average molecular weight is 424 g/mol. The van der Waals surface area contributed by atoms with Crippen molar-refractivity contribution >= 4 is 28.9 Å². The first kappa shape index (κ1) is 20.4. The summed E-state index contributed by atoms with van der Waals surface area (Å²) in [6.45, 7) is 4.64. The largest absolute Gasteiger partial charge is 0.369 e. The molecule has 1 fully saturated rings. The summed E-state index contributed by atoms with van der Waals surface area (Å²) >= 11 is 6.28. The highest BCUT2D eigenvalue weighted by atomic mass is 35.5. The van der Waals surface area contributed by atoms with Crippen LogP contribution < -0.4 is 10.2 Å². The number of piperazine rings is 1. The molecule has 1 saturated heterocycles. The van der Waals surface area contributed by atoms with Crippen LogP contribution in [0.15, 0.2) is 72.8 Å². The SMILES string of the molecule is O=C(Nc1ccc(N2CCN(Cc3ccccc3Cl)CC2)cc1)c1cccc(F)c1. The molecule has 4 rings (SSSR count). The number of nitrogens with zero attached hydrogens (tertiary/aromatic N) is 2. The van der Waals surface area contributed by atoms with E-state index in [1.54, 1.807) is 6.07 Å². The Morgan fingerprint density at radius 2 is 1.67 bits per heavy atom. The van der Waals surface area contributed by atoms with Gasteiger partial charge in [0.1, 0.15) is 5.82 Å². The summed E-state index contributed by atoms with van der Waals surface area (Å²) in [7, 11) is 0. The molecular formula is C24H23ClFN3O. The summed E-state index contributed by atoms with van der Waals surface area (Å²) in [6.07, 6.45) is 0. The second-order valence-electron chi connectivity index (χ2n) is 7.37. The Bertz CT molecular complexity index is 1020. The maximum atomic E-state index is 13.3. The van der Waals surface area contributed by atoms with Gasteiger partial charge in [0.25, 0.3) is 5.91 Å².